The van der Waals surface area contributed by atoms with Gasteiger partial charge in [-0.05, 0) is 16.5 Å². The molecule has 4 heteroatoms. The maximum Gasteiger partial charge on any atom is 0.184 e. The maximum atomic E-state index is 5.72. The van der Waals surface area contributed by atoms with Gasteiger partial charge in [0.15, 0.2) is 4.47 Å². The number of hydrogen-bond donors (Lipinski definition) is 0. The summed E-state index contributed by atoms with van der Waals surface area (Å²) in [4.78, 5) is 4.16. The molecule has 0 unspecified atom stereocenters. The first kappa shape index (κ1) is 12.9. The molecule has 1 nitrogen and oxygen atoms in total. The lowest BCUT2D eigenvalue weighted by Crippen LogP contribution is -1.85. The van der Waals surface area contributed by atoms with E-state index in [2.05, 4.69) is 39.1 Å². The summed E-state index contributed by atoms with van der Waals surface area (Å²) < 4.78 is 1.85. The molecule has 94 valence electrons. The number of nitrogens with zero attached hydrogens (tertiary/aromatic N) is 1. The van der Waals surface area contributed by atoms with Gasteiger partial charge in [-0.25, -0.2) is 4.98 Å². The standard InChI is InChI=1S/C9H6ClNS.C6H3Br/c10-9-11-8(6-12-9)7-4-2-1-3-5-7;7-6-3-4-1-2-5(4)6/h1-6H;1-3H. The first-order chi connectivity index (χ1) is 9.24. The highest BCUT2D eigenvalue weighted by atomic mass is 79.9. The van der Waals surface area contributed by atoms with Crippen LogP contribution in [0, 0.1) is 10.4 Å². The molecular weight excluding hydrogens is 342 g/mol. The molecular formula is C15H9BrClNS. The van der Waals surface area contributed by atoms with Crippen molar-refractivity contribution in [3.05, 3.63) is 73.3 Å². The van der Waals surface area contributed by atoms with Crippen molar-refractivity contribution in [2.24, 2.45) is 0 Å². The number of halogens is 2. The topological polar surface area (TPSA) is 12.9 Å². The SMILES string of the molecule is Brc1cc2ccc1=2.Clc1nc(-c2ccccc2)cs1. The monoisotopic (exact) mass is 349 g/mol. The lowest BCUT2D eigenvalue weighted by Gasteiger charge is -2.02. The minimum atomic E-state index is 0.592. The fourth-order valence-corrected chi connectivity index (χ4v) is 3.12. The van der Waals surface area contributed by atoms with Gasteiger partial charge in [0, 0.05) is 15.4 Å². The number of hydrogen-bond acceptors (Lipinski definition) is 2. The van der Waals surface area contributed by atoms with Crippen LogP contribution in [0.2, 0.25) is 4.47 Å². The van der Waals surface area contributed by atoms with Crippen molar-refractivity contribution < 1.29 is 0 Å². The predicted octanol–water partition coefficient (Wildman–Crippen LogP) is 5.51. The summed E-state index contributed by atoms with van der Waals surface area (Å²) in [6.07, 6.45) is 0. The van der Waals surface area contributed by atoms with E-state index in [-0.39, 0.29) is 0 Å². The normalized spacial score (nSPS) is 10.6. The highest BCUT2D eigenvalue weighted by Crippen LogP contribution is 2.24. The fraction of sp³-hybridized carbons (Fsp3) is 0. The first-order valence-electron chi connectivity index (χ1n) is 5.70. The molecule has 0 aliphatic heterocycles. The average Bonchev–Trinajstić information content (AvgIpc) is 2.84. The molecule has 0 amide bonds. The van der Waals surface area contributed by atoms with E-state index in [4.69, 9.17) is 11.6 Å². The maximum absolute atomic E-state index is 5.72. The molecule has 0 radical (unpaired) electrons. The summed E-state index contributed by atoms with van der Waals surface area (Å²) in [7, 11) is 0. The van der Waals surface area contributed by atoms with Crippen molar-refractivity contribution in [3.63, 3.8) is 0 Å². The van der Waals surface area contributed by atoms with Crippen LogP contribution in [0.15, 0.2) is 58.4 Å². The molecule has 0 fully saturated rings. The third-order valence-electron chi connectivity index (χ3n) is 2.83. The Morgan fingerprint density at radius 1 is 1.05 bits per heavy atom. The number of thiazole rings is 1. The van der Waals surface area contributed by atoms with Gasteiger partial charge in [0.05, 0.1) is 5.69 Å². The Morgan fingerprint density at radius 3 is 2.21 bits per heavy atom. The van der Waals surface area contributed by atoms with Crippen molar-refractivity contribution in [2.45, 2.75) is 0 Å². The second kappa shape index (κ2) is 5.45. The van der Waals surface area contributed by atoms with Crippen LogP contribution in [0.5, 0.6) is 0 Å². The van der Waals surface area contributed by atoms with Crippen LogP contribution in [0.25, 0.3) is 11.3 Å². The van der Waals surface area contributed by atoms with Crippen LogP contribution >= 0.6 is 38.9 Å². The Bertz CT molecular complexity index is 799. The Hall–Kier alpha value is -1.16. The second-order valence-corrected chi connectivity index (χ2v) is 6.34. The van der Waals surface area contributed by atoms with Gasteiger partial charge >= 0.3 is 0 Å². The summed E-state index contributed by atoms with van der Waals surface area (Å²) in [5.41, 5.74) is 2.06. The van der Waals surface area contributed by atoms with E-state index in [1.165, 1.54) is 26.2 Å². The molecule has 1 aromatic carbocycles. The first-order valence-corrected chi connectivity index (χ1v) is 7.75. The third kappa shape index (κ3) is 2.73. The minimum Gasteiger partial charge on any atom is -0.225 e. The molecule has 0 N–H and O–H groups in total. The van der Waals surface area contributed by atoms with Crippen LogP contribution in [0.3, 0.4) is 0 Å². The van der Waals surface area contributed by atoms with Crippen LogP contribution in [-0.2, 0) is 0 Å². The smallest absolute Gasteiger partial charge is 0.184 e. The number of aromatic nitrogens is 1. The van der Waals surface area contributed by atoms with Gasteiger partial charge in [0.25, 0.3) is 0 Å². The zero-order chi connectivity index (χ0) is 13.2. The molecule has 1 aromatic heterocycles. The van der Waals surface area contributed by atoms with E-state index in [1.807, 2.05) is 35.7 Å². The van der Waals surface area contributed by atoms with Gasteiger partial charge < -0.3 is 0 Å². The number of rotatable bonds is 1. The Kier molecular flexibility index (Phi) is 3.69. The molecule has 2 aromatic rings. The predicted molar refractivity (Wildman–Crippen MR) is 84.4 cm³/mol. The third-order valence-corrected chi connectivity index (χ3v) is 4.46. The van der Waals surface area contributed by atoms with Crippen molar-refractivity contribution >= 4 is 38.9 Å². The lowest BCUT2D eigenvalue weighted by molar-refractivity contribution is 1.34. The molecule has 0 saturated heterocycles. The van der Waals surface area contributed by atoms with E-state index >= 15 is 0 Å². The Labute approximate surface area is 128 Å². The van der Waals surface area contributed by atoms with Crippen molar-refractivity contribution in [1.82, 2.24) is 4.98 Å². The number of benzene rings is 2. The summed E-state index contributed by atoms with van der Waals surface area (Å²) >= 11 is 10.5. The molecule has 2 aliphatic rings. The highest BCUT2D eigenvalue weighted by Gasteiger charge is 2.00. The van der Waals surface area contributed by atoms with Gasteiger partial charge in [-0.2, -0.15) is 0 Å². The summed E-state index contributed by atoms with van der Waals surface area (Å²) in [6.45, 7) is 0. The average molecular weight is 351 g/mol. The van der Waals surface area contributed by atoms with Gasteiger partial charge in [0.1, 0.15) is 0 Å². The van der Waals surface area contributed by atoms with Crippen LogP contribution in [0.4, 0.5) is 0 Å². The van der Waals surface area contributed by atoms with Gasteiger partial charge in [-0.1, -0.05) is 70.0 Å². The zero-order valence-electron chi connectivity index (χ0n) is 9.81. The van der Waals surface area contributed by atoms with Crippen molar-refractivity contribution in [1.29, 1.82) is 0 Å². The van der Waals surface area contributed by atoms with E-state index in [0.717, 1.165) is 11.3 Å². The van der Waals surface area contributed by atoms with Crippen molar-refractivity contribution in [3.8, 4) is 11.3 Å². The largest absolute Gasteiger partial charge is 0.225 e. The highest BCUT2D eigenvalue weighted by molar-refractivity contribution is 9.10. The van der Waals surface area contributed by atoms with E-state index in [9.17, 15) is 0 Å². The fourth-order valence-electron chi connectivity index (χ4n) is 1.74. The van der Waals surface area contributed by atoms with E-state index in [0.29, 0.717) is 4.47 Å². The molecule has 0 saturated carbocycles. The Morgan fingerprint density at radius 2 is 1.84 bits per heavy atom. The quantitative estimate of drug-likeness (QED) is 0.441. The minimum absolute atomic E-state index is 0.592. The Balaban J connectivity index is 0.000000132. The molecule has 0 bridgehead atoms. The molecule has 2 aliphatic carbocycles. The molecule has 1 heterocycles. The molecule has 4 rings (SSSR count). The lowest BCUT2D eigenvalue weighted by atomic mass is 10.1. The van der Waals surface area contributed by atoms with Gasteiger partial charge in [-0.3, -0.25) is 0 Å². The van der Waals surface area contributed by atoms with Crippen molar-refractivity contribution in [2.75, 3.05) is 0 Å². The second-order valence-electron chi connectivity index (χ2n) is 4.05. The molecule has 19 heavy (non-hydrogen) atoms. The van der Waals surface area contributed by atoms with Crippen LogP contribution < -0.4 is 0 Å². The molecule has 0 spiro atoms. The van der Waals surface area contributed by atoms with Crippen LogP contribution in [-0.4, -0.2) is 4.98 Å². The van der Waals surface area contributed by atoms with Crippen LogP contribution in [0.1, 0.15) is 0 Å². The summed E-state index contributed by atoms with van der Waals surface area (Å²) in [6, 6.07) is 16.3. The van der Waals surface area contributed by atoms with E-state index in [1.54, 1.807) is 0 Å². The van der Waals surface area contributed by atoms with E-state index < -0.39 is 0 Å². The summed E-state index contributed by atoms with van der Waals surface area (Å²) in [5, 5.41) is 4.74. The zero-order valence-corrected chi connectivity index (χ0v) is 13.0. The van der Waals surface area contributed by atoms with Gasteiger partial charge in [-0.15, -0.1) is 11.3 Å². The molecule has 0 atom stereocenters. The van der Waals surface area contributed by atoms with Gasteiger partial charge in [0.2, 0.25) is 0 Å². The summed E-state index contributed by atoms with van der Waals surface area (Å²) in [5.74, 6) is 0.